The van der Waals surface area contributed by atoms with Gasteiger partial charge in [-0.05, 0) is 18.4 Å². The smallest absolute Gasteiger partial charge is 0.0107 e. The molecule has 0 saturated carbocycles. The van der Waals surface area contributed by atoms with Crippen LogP contribution in [0.25, 0.3) is 0 Å². The molecule has 1 rings (SSSR count). The van der Waals surface area contributed by atoms with Crippen molar-refractivity contribution in [3.05, 3.63) is 0 Å². The van der Waals surface area contributed by atoms with Gasteiger partial charge in [0.15, 0.2) is 0 Å². The van der Waals surface area contributed by atoms with E-state index in [1.165, 1.54) is 26.1 Å². The number of nitrogens with one attached hydrogen (secondary N) is 1. The first-order valence-corrected chi connectivity index (χ1v) is 5.07. The van der Waals surface area contributed by atoms with Crippen LogP contribution in [-0.4, -0.2) is 37.6 Å². The Morgan fingerprint density at radius 1 is 1.42 bits per heavy atom. The van der Waals surface area contributed by atoms with E-state index in [-0.39, 0.29) is 0 Å². The summed E-state index contributed by atoms with van der Waals surface area (Å²) in [7, 11) is 0. The van der Waals surface area contributed by atoms with Crippen molar-refractivity contribution in [3.8, 4) is 0 Å². The Bertz CT molecular complexity index is 132. The first-order chi connectivity index (χ1) is 5.64. The minimum Gasteiger partial charge on any atom is -0.315 e. The molecule has 0 atom stereocenters. The van der Waals surface area contributed by atoms with Gasteiger partial charge in [-0.2, -0.15) is 0 Å². The highest BCUT2D eigenvalue weighted by atomic mass is 15.2. The fourth-order valence-electron chi connectivity index (χ4n) is 1.91. The SMILES string of the molecule is CCCN1CCNCC(C)(C)C1. The van der Waals surface area contributed by atoms with Gasteiger partial charge in [0.25, 0.3) is 0 Å². The number of hydrogen-bond donors (Lipinski definition) is 1. The van der Waals surface area contributed by atoms with Crippen LogP contribution in [0.2, 0.25) is 0 Å². The Labute approximate surface area is 76.3 Å². The number of rotatable bonds is 2. The van der Waals surface area contributed by atoms with Crippen molar-refractivity contribution in [2.75, 3.05) is 32.7 Å². The Hall–Kier alpha value is -0.0800. The molecule has 0 bridgehead atoms. The van der Waals surface area contributed by atoms with Crippen LogP contribution < -0.4 is 5.32 Å². The van der Waals surface area contributed by atoms with Gasteiger partial charge in [-0.3, -0.25) is 0 Å². The van der Waals surface area contributed by atoms with Crippen LogP contribution in [0.15, 0.2) is 0 Å². The minimum absolute atomic E-state index is 0.450. The van der Waals surface area contributed by atoms with Crippen LogP contribution in [0.3, 0.4) is 0 Å². The maximum absolute atomic E-state index is 3.48. The molecular weight excluding hydrogens is 148 g/mol. The molecule has 0 aromatic rings. The zero-order valence-electron chi connectivity index (χ0n) is 8.69. The molecule has 0 amide bonds. The molecule has 1 saturated heterocycles. The van der Waals surface area contributed by atoms with Gasteiger partial charge in [0.05, 0.1) is 0 Å². The fraction of sp³-hybridized carbons (Fsp3) is 1.00. The van der Waals surface area contributed by atoms with E-state index in [9.17, 15) is 0 Å². The third kappa shape index (κ3) is 3.11. The van der Waals surface area contributed by atoms with Crippen molar-refractivity contribution in [1.82, 2.24) is 10.2 Å². The van der Waals surface area contributed by atoms with Gasteiger partial charge in [0.2, 0.25) is 0 Å². The lowest BCUT2D eigenvalue weighted by Gasteiger charge is -2.28. The van der Waals surface area contributed by atoms with E-state index in [4.69, 9.17) is 0 Å². The quantitative estimate of drug-likeness (QED) is 0.672. The second-order valence-corrected chi connectivity index (χ2v) is 4.62. The molecule has 12 heavy (non-hydrogen) atoms. The number of hydrogen-bond acceptors (Lipinski definition) is 2. The average molecular weight is 170 g/mol. The van der Waals surface area contributed by atoms with E-state index >= 15 is 0 Å². The predicted molar refractivity (Wildman–Crippen MR) is 53.4 cm³/mol. The summed E-state index contributed by atoms with van der Waals surface area (Å²) < 4.78 is 0. The molecule has 0 aromatic carbocycles. The monoisotopic (exact) mass is 170 g/mol. The van der Waals surface area contributed by atoms with E-state index in [1.807, 2.05) is 0 Å². The number of nitrogens with zero attached hydrogens (tertiary/aromatic N) is 1. The molecule has 1 fully saturated rings. The summed E-state index contributed by atoms with van der Waals surface area (Å²) in [5.41, 5.74) is 0.450. The lowest BCUT2D eigenvalue weighted by Crippen LogP contribution is -2.35. The Morgan fingerprint density at radius 3 is 2.83 bits per heavy atom. The Balaban J connectivity index is 2.42. The second-order valence-electron chi connectivity index (χ2n) is 4.62. The van der Waals surface area contributed by atoms with Crippen LogP contribution in [0.1, 0.15) is 27.2 Å². The van der Waals surface area contributed by atoms with Crippen molar-refractivity contribution in [2.24, 2.45) is 5.41 Å². The van der Waals surface area contributed by atoms with Gasteiger partial charge in [-0.25, -0.2) is 0 Å². The first-order valence-electron chi connectivity index (χ1n) is 5.07. The highest BCUT2D eigenvalue weighted by Gasteiger charge is 2.23. The highest BCUT2D eigenvalue weighted by molar-refractivity contribution is 4.79. The highest BCUT2D eigenvalue weighted by Crippen LogP contribution is 2.17. The summed E-state index contributed by atoms with van der Waals surface area (Å²) in [6.45, 7) is 13.0. The maximum Gasteiger partial charge on any atom is 0.0107 e. The standard InChI is InChI=1S/C10H22N2/c1-4-6-12-7-5-11-8-10(2,3)9-12/h11H,4-9H2,1-3H3. The molecule has 2 heteroatoms. The van der Waals surface area contributed by atoms with Crippen molar-refractivity contribution in [3.63, 3.8) is 0 Å². The third-order valence-corrected chi connectivity index (χ3v) is 2.40. The molecule has 0 aliphatic carbocycles. The summed E-state index contributed by atoms with van der Waals surface area (Å²) in [5.74, 6) is 0. The summed E-state index contributed by atoms with van der Waals surface area (Å²) >= 11 is 0. The van der Waals surface area contributed by atoms with E-state index in [0.29, 0.717) is 5.41 Å². The summed E-state index contributed by atoms with van der Waals surface area (Å²) in [4.78, 5) is 2.57. The van der Waals surface area contributed by atoms with Gasteiger partial charge in [0, 0.05) is 26.2 Å². The van der Waals surface area contributed by atoms with Gasteiger partial charge in [0.1, 0.15) is 0 Å². The van der Waals surface area contributed by atoms with Crippen LogP contribution >= 0.6 is 0 Å². The van der Waals surface area contributed by atoms with Crippen LogP contribution in [0.5, 0.6) is 0 Å². The largest absolute Gasteiger partial charge is 0.315 e. The van der Waals surface area contributed by atoms with Crippen molar-refractivity contribution in [2.45, 2.75) is 27.2 Å². The van der Waals surface area contributed by atoms with Gasteiger partial charge in [-0.15, -0.1) is 0 Å². The summed E-state index contributed by atoms with van der Waals surface area (Å²) in [5, 5.41) is 3.48. The van der Waals surface area contributed by atoms with E-state index in [0.717, 1.165) is 13.1 Å². The van der Waals surface area contributed by atoms with Gasteiger partial charge < -0.3 is 10.2 Å². The summed E-state index contributed by atoms with van der Waals surface area (Å²) in [6.07, 6.45) is 1.27. The maximum atomic E-state index is 3.48. The normalized spacial score (nSPS) is 25.2. The molecule has 1 heterocycles. The molecule has 0 unspecified atom stereocenters. The molecule has 0 aromatic heterocycles. The fourth-order valence-corrected chi connectivity index (χ4v) is 1.91. The molecule has 1 aliphatic rings. The van der Waals surface area contributed by atoms with Crippen molar-refractivity contribution in [1.29, 1.82) is 0 Å². The molecule has 72 valence electrons. The van der Waals surface area contributed by atoms with Crippen LogP contribution in [0, 0.1) is 5.41 Å². The Morgan fingerprint density at radius 2 is 2.17 bits per heavy atom. The van der Waals surface area contributed by atoms with Gasteiger partial charge >= 0.3 is 0 Å². The zero-order valence-corrected chi connectivity index (χ0v) is 8.69. The lowest BCUT2D eigenvalue weighted by atomic mass is 9.93. The first kappa shape index (κ1) is 10.0. The minimum atomic E-state index is 0.450. The topological polar surface area (TPSA) is 15.3 Å². The van der Waals surface area contributed by atoms with Crippen LogP contribution in [-0.2, 0) is 0 Å². The molecule has 0 spiro atoms. The molecule has 2 nitrogen and oxygen atoms in total. The van der Waals surface area contributed by atoms with Crippen molar-refractivity contribution >= 4 is 0 Å². The molecule has 1 N–H and O–H groups in total. The van der Waals surface area contributed by atoms with Crippen molar-refractivity contribution < 1.29 is 0 Å². The lowest BCUT2D eigenvalue weighted by molar-refractivity contribution is 0.207. The molecule has 1 aliphatic heterocycles. The second kappa shape index (κ2) is 4.24. The van der Waals surface area contributed by atoms with E-state index in [2.05, 4.69) is 31.0 Å². The van der Waals surface area contributed by atoms with Gasteiger partial charge in [-0.1, -0.05) is 20.8 Å². The zero-order chi connectivity index (χ0) is 9.03. The molecule has 0 radical (unpaired) electrons. The average Bonchev–Trinajstić information content (AvgIpc) is 2.11. The Kier molecular flexibility index (Phi) is 3.53. The molecular formula is C10H22N2. The summed E-state index contributed by atoms with van der Waals surface area (Å²) in [6, 6.07) is 0. The van der Waals surface area contributed by atoms with E-state index in [1.54, 1.807) is 0 Å². The predicted octanol–water partition coefficient (Wildman–Crippen LogP) is 1.33. The van der Waals surface area contributed by atoms with E-state index < -0.39 is 0 Å². The third-order valence-electron chi connectivity index (χ3n) is 2.40. The van der Waals surface area contributed by atoms with Crippen LogP contribution in [0.4, 0.5) is 0 Å².